The Hall–Kier alpha value is -2.43. The minimum atomic E-state index is 0.591. The molecule has 0 aliphatic rings. The Balaban J connectivity index is 2.25. The van der Waals surface area contributed by atoms with Crippen LogP contribution >= 0.6 is 0 Å². The third kappa shape index (κ3) is 1.44. The molecule has 0 bridgehead atoms. The minimum Gasteiger partial charge on any atom is -0.296 e. The molecule has 0 saturated carbocycles. The monoisotopic (exact) mass is 240 g/mol. The van der Waals surface area contributed by atoms with Gasteiger partial charge in [-0.15, -0.1) is 0 Å². The maximum Gasteiger partial charge on any atom is 0.166 e. The van der Waals surface area contributed by atoms with Crippen molar-refractivity contribution in [2.75, 3.05) is 0 Å². The summed E-state index contributed by atoms with van der Waals surface area (Å²) in [5, 5.41) is 4.20. The zero-order chi connectivity index (χ0) is 12.7. The Morgan fingerprint density at radius 2 is 2.17 bits per heavy atom. The molecule has 0 fully saturated rings. The number of imidazole rings is 1. The summed E-state index contributed by atoms with van der Waals surface area (Å²) in [6.45, 7) is 1.99. The van der Waals surface area contributed by atoms with Gasteiger partial charge in [-0.25, -0.2) is 4.98 Å². The normalized spacial score (nSPS) is 11.0. The fourth-order valence-electron chi connectivity index (χ4n) is 2.01. The van der Waals surface area contributed by atoms with Crippen LogP contribution in [0.5, 0.6) is 0 Å². The molecule has 0 atom stereocenters. The number of aromatic nitrogens is 4. The predicted octanol–water partition coefficient (Wildman–Crippen LogP) is 1.86. The molecule has 0 amide bonds. The first kappa shape index (κ1) is 10.7. The SMILES string of the molecule is Cc1c(-c2cn3c(C=O)cccc3n2)cnn1C. The Morgan fingerprint density at radius 1 is 1.33 bits per heavy atom. The molecule has 0 unspecified atom stereocenters. The Kier molecular flexibility index (Phi) is 2.26. The number of aryl methyl sites for hydroxylation is 1. The van der Waals surface area contributed by atoms with Crippen LogP contribution in [0, 0.1) is 6.92 Å². The highest BCUT2D eigenvalue weighted by molar-refractivity contribution is 5.75. The fraction of sp³-hybridized carbons (Fsp3) is 0.154. The predicted molar refractivity (Wildman–Crippen MR) is 67.5 cm³/mol. The quantitative estimate of drug-likeness (QED) is 0.642. The summed E-state index contributed by atoms with van der Waals surface area (Å²) in [7, 11) is 1.89. The molecule has 0 saturated heterocycles. The minimum absolute atomic E-state index is 0.591. The molecule has 3 aromatic heterocycles. The highest BCUT2D eigenvalue weighted by atomic mass is 16.1. The van der Waals surface area contributed by atoms with E-state index in [1.54, 1.807) is 21.3 Å². The van der Waals surface area contributed by atoms with Crippen molar-refractivity contribution in [3.05, 3.63) is 42.0 Å². The summed E-state index contributed by atoms with van der Waals surface area (Å²) >= 11 is 0. The second-order valence-electron chi connectivity index (χ2n) is 4.19. The topological polar surface area (TPSA) is 52.2 Å². The smallest absolute Gasteiger partial charge is 0.166 e. The van der Waals surface area contributed by atoms with Crippen molar-refractivity contribution >= 4 is 11.9 Å². The van der Waals surface area contributed by atoms with Gasteiger partial charge >= 0.3 is 0 Å². The van der Waals surface area contributed by atoms with Crippen molar-refractivity contribution in [2.45, 2.75) is 6.92 Å². The van der Waals surface area contributed by atoms with Crippen LogP contribution in [-0.2, 0) is 7.05 Å². The Morgan fingerprint density at radius 3 is 2.83 bits per heavy atom. The van der Waals surface area contributed by atoms with E-state index in [0.29, 0.717) is 5.69 Å². The molecule has 3 heterocycles. The zero-order valence-corrected chi connectivity index (χ0v) is 10.2. The van der Waals surface area contributed by atoms with Gasteiger partial charge in [0.25, 0.3) is 0 Å². The van der Waals surface area contributed by atoms with E-state index in [4.69, 9.17) is 0 Å². The van der Waals surface area contributed by atoms with E-state index in [0.717, 1.165) is 28.9 Å². The average molecular weight is 240 g/mol. The van der Waals surface area contributed by atoms with Gasteiger partial charge in [0.15, 0.2) is 6.29 Å². The summed E-state index contributed by atoms with van der Waals surface area (Å²) in [4.78, 5) is 15.5. The fourth-order valence-corrected chi connectivity index (χ4v) is 2.01. The molecule has 0 aromatic carbocycles. The lowest BCUT2D eigenvalue weighted by Gasteiger charge is -1.95. The lowest BCUT2D eigenvalue weighted by atomic mass is 10.2. The number of hydrogen-bond donors (Lipinski definition) is 0. The number of aldehydes is 1. The summed E-state index contributed by atoms with van der Waals surface area (Å²) in [5.74, 6) is 0. The highest BCUT2D eigenvalue weighted by Crippen LogP contribution is 2.22. The number of nitrogens with zero attached hydrogens (tertiary/aromatic N) is 4. The zero-order valence-electron chi connectivity index (χ0n) is 10.2. The van der Waals surface area contributed by atoms with E-state index in [1.165, 1.54) is 0 Å². The largest absolute Gasteiger partial charge is 0.296 e. The third-order valence-electron chi connectivity index (χ3n) is 3.16. The molecular formula is C13H12N4O. The number of fused-ring (bicyclic) bond motifs is 1. The van der Waals surface area contributed by atoms with Crippen molar-refractivity contribution in [3.63, 3.8) is 0 Å². The second kappa shape index (κ2) is 3.80. The Bertz CT molecular complexity index is 739. The number of carbonyl (C=O) groups excluding carboxylic acids is 1. The molecule has 0 N–H and O–H groups in total. The van der Waals surface area contributed by atoms with Gasteiger partial charge in [0.2, 0.25) is 0 Å². The summed E-state index contributed by atoms with van der Waals surface area (Å²) in [5.41, 5.74) is 4.21. The van der Waals surface area contributed by atoms with E-state index < -0.39 is 0 Å². The van der Waals surface area contributed by atoms with Crippen molar-refractivity contribution in [1.82, 2.24) is 19.2 Å². The van der Waals surface area contributed by atoms with Gasteiger partial charge < -0.3 is 0 Å². The number of pyridine rings is 1. The van der Waals surface area contributed by atoms with Gasteiger partial charge in [0.05, 0.1) is 17.6 Å². The number of rotatable bonds is 2. The number of hydrogen-bond acceptors (Lipinski definition) is 3. The van der Waals surface area contributed by atoms with E-state index in [-0.39, 0.29) is 0 Å². The average Bonchev–Trinajstić information content (AvgIpc) is 2.94. The first-order chi connectivity index (χ1) is 8.70. The second-order valence-corrected chi connectivity index (χ2v) is 4.19. The van der Waals surface area contributed by atoms with Gasteiger partial charge in [-0.2, -0.15) is 5.10 Å². The molecule has 0 aliphatic carbocycles. The van der Waals surface area contributed by atoms with Gasteiger partial charge in [0, 0.05) is 24.5 Å². The van der Waals surface area contributed by atoms with Crippen molar-refractivity contribution in [3.8, 4) is 11.3 Å². The van der Waals surface area contributed by atoms with E-state index in [2.05, 4.69) is 10.1 Å². The lowest BCUT2D eigenvalue weighted by molar-refractivity contribution is 0.111. The van der Waals surface area contributed by atoms with Crippen molar-refractivity contribution < 1.29 is 4.79 Å². The molecule has 0 aliphatic heterocycles. The first-order valence-corrected chi connectivity index (χ1v) is 5.63. The molecular weight excluding hydrogens is 228 g/mol. The molecule has 18 heavy (non-hydrogen) atoms. The Labute approximate surface area is 104 Å². The molecule has 0 radical (unpaired) electrons. The third-order valence-corrected chi connectivity index (χ3v) is 3.16. The number of carbonyl (C=O) groups is 1. The molecule has 0 spiro atoms. The van der Waals surface area contributed by atoms with Crippen LogP contribution in [0.1, 0.15) is 16.2 Å². The standard InChI is InChI=1S/C13H12N4O/c1-9-11(6-14-16(9)2)12-7-17-10(8-18)4-3-5-13(17)15-12/h3-8H,1-2H3. The van der Waals surface area contributed by atoms with Crippen LogP contribution in [0.25, 0.3) is 16.9 Å². The molecule has 5 heteroatoms. The van der Waals surface area contributed by atoms with E-state index in [1.807, 2.05) is 32.3 Å². The molecule has 3 rings (SSSR count). The molecule has 3 aromatic rings. The highest BCUT2D eigenvalue weighted by Gasteiger charge is 2.11. The summed E-state index contributed by atoms with van der Waals surface area (Å²) in [6, 6.07) is 5.47. The van der Waals surface area contributed by atoms with Crippen LogP contribution in [-0.4, -0.2) is 25.5 Å². The maximum atomic E-state index is 11.0. The van der Waals surface area contributed by atoms with Gasteiger partial charge in [0.1, 0.15) is 5.65 Å². The first-order valence-electron chi connectivity index (χ1n) is 5.63. The lowest BCUT2D eigenvalue weighted by Crippen LogP contribution is -1.92. The maximum absolute atomic E-state index is 11.0. The van der Waals surface area contributed by atoms with Crippen molar-refractivity contribution in [2.24, 2.45) is 7.05 Å². The summed E-state index contributed by atoms with van der Waals surface area (Å²) in [6.07, 6.45) is 4.48. The van der Waals surface area contributed by atoms with Crippen LogP contribution in [0.4, 0.5) is 0 Å². The van der Waals surface area contributed by atoms with Gasteiger partial charge in [-0.1, -0.05) is 6.07 Å². The van der Waals surface area contributed by atoms with E-state index >= 15 is 0 Å². The molecule has 90 valence electrons. The van der Waals surface area contributed by atoms with Crippen LogP contribution in [0.2, 0.25) is 0 Å². The molecule has 5 nitrogen and oxygen atoms in total. The van der Waals surface area contributed by atoms with Crippen LogP contribution in [0.3, 0.4) is 0 Å². The van der Waals surface area contributed by atoms with Crippen molar-refractivity contribution in [1.29, 1.82) is 0 Å². The van der Waals surface area contributed by atoms with Crippen LogP contribution < -0.4 is 0 Å². The van der Waals surface area contributed by atoms with Gasteiger partial charge in [-0.05, 0) is 19.1 Å². The summed E-state index contributed by atoms with van der Waals surface area (Å²) < 4.78 is 3.59. The van der Waals surface area contributed by atoms with Crippen LogP contribution in [0.15, 0.2) is 30.6 Å². The van der Waals surface area contributed by atoms with E-state index in [9.17, 15) is 4.79 Å². The van der Waals surface area contributed by atoms with Gasteiger partial charge in [-0.3, -0.25) is 13.9 Å².